The summed E-state index contributed by atoms with van der Waals surface area (Å²) in [6, 6.07) is 0. The molecule has 18 heteroatoms. The van der Waals surface area contributed by atoms with Gasteiger partial charge in [0.2, 0.25) is 0 Å². The normalized spacial score (nSPS) is 14.9. The summed E-state index contributed by atoms with van der Waals surface area (Å²) in [5.74, 6) is -1.64. The number of aliphatic hydroxyl groups excluding tert-OH is 2. The minimum Gasteiger partial charge on any atom is -0.463 e. The zero-order valence-electron chi connectivity index (χ0n) is 61.6. The van der Waals surface area contributed by atoms with E-state index in [1.807, 2.05) is 0 Å². The molecule has 5 atom stereocenters. The zero-order chi connectivity index (χ0) is 72.3. The summed E-state index contributed by atoms with van der Waals surface area (Å²) in [6.07, 6.45) is 89.0. The molecule has 566 valence electrons. The minimum atomic E-state index is -4.94. The number of ether oxygens (including phenoxy) is 3. The van der Waals surface area contributed by atoms with E-state index in [-0.39, 0.29) is 19.3 Å². The first kappa shape index (κ1) is 94.4. The number of aliphatic hydroxyl groups is 2. The third-order valence-corrected chi connectivity index (χ3v) is 17.4. The molecule has 0 aromatic rings. The molecule has 4 N–H and O–H groups in total. The van der Waals surface area contributed by atoms with Gasteiger partial charge in [-0.2, -0.15) is 0 Å². The molecule has 99 heavy (non-hydrogen) atoms. The quantitative estimate of drug-likeness (QED) is 0.0146. The highest BCUT2D eigenvalue weighted by Crippen LogP contribution is 2.45. The van der Waals surface area contributed by atoms with Gasteiger partial charge in [0.1, 0.15) is 25.4 Å². The first-order valence-corrected chi connectivity index (χ1v) is 41.1. The summed E-state index contributed by atoms with van der Waals surface area (Å²) in [5.41, 5.74) is 0. The molecular formula is C81H136O16P2. The Hall–Kier alpha value is -4.57. The standard InChI is InChI=1S/C81H136O16P2/c1-4-7-10-13-16-19-22-25-28-30-32-34-35-36-37-38-39-41-43-44-47-49-52-55-58-61-64-67-79(84)91-70-76(82)71-93-98(87,88)94-72-77(83)73-95-99(89,90)96-75-78(97-81(86)69-66-63-60-57-54-51-46-27-24-21-18-15-12-9-6-3)74-92-80(85)68-65-62-59-56-53-50-48-45-42-40-33-31-29-26-23-20-17-14-11-8-5-2/h7-8,10-11,16-17,19-20,25-29,32-34,36-37,40,45-46,48,53,56,76-78,82-83H,4-6,9,12-15,18,21-24,30-31,35,38-39,41-44,47,49-52,54-55,57-75H2,1-3H3,(H,87,88)(H,89,90)/b10-7-,11-8-,19-16-,20-17-,28-25-,29-26-,34-32-,37-36-,40-33-,46-27-,48-45-,56-53-. The van der Waals surface area contributed by atoms with E-state index in [9.17, 15) is 43.5 Å². The second kappa shape index (κ2) is 73.2. The SMILES string of the molecule is CC/C=C\C/C=C\C/C=C\C/C=C\C/C=C\C/C=C\CCCCC(=O)OCC(COP(=O)(O)OCC(O)COP(=O)(O)OCC(O)COC(=O)CCCCCCCCCCCCC/C=C\C/C=C\C/C=C\C/C=C\C/C=C\CC)OC(=O)CCCCCCC/C=C\CCCCCCCC. The lowest BCUT2D eigenvalue weighted by molar-refractivity contribution is -0.161. The Morgan fingerprint density at radius 1 is 0.293 bits per heavy atom. The van der Waals surface area contributed by atoms with E-state index in [0.717, 1.165) is 148 Å². The first-order chi connectivity index (χ1) is 48.2. The molecule has 0 aromatic heterocycles. The van der Waals surface area contributed by atoms with Crippen molar-refractivity contribution in [3.8, 4) is 0 Å². The smallest absolute Gasteiger partial charge is 0.463 e. The molecule has 0 amide bonds. The van der Waals surface area contributed by atoms with Gasteiger partial charge in [-0.15, -0.1) is 0 Å². The summed E-state index contributed by atoms with van der Waals surface area (Å²) in [6.45, 7) is 2.38. The third kappa shape index (κ3) is 74.4. The maximum absolute atomic E-state index is 13.0. The van der Waals surface area contributed by atoms with E-state index in [1.54, 1.807) is 0 Å². The van der Waals surface area contributed by atoms with Crippen LogP contribution in [0.3, 0.4) is 0 Å². The molecular weight excluding hydrogens is 1290 g/mol. The molecule has 0 radical (unpaired) electrons. The van der Waals surface area contributed by atoms with Crippen molar-refractivity contribution >= 4 is 33.6 Å². The fraction of sp³-hybridized carbons (Fsp3) is 0.667. The molecule has 0 aromatic carbocycles. The van der Waals surface area contributed by atoms with Gasteiger partial charge in [0, 0.05) is 19.3 Å². The van der Waals surface area contributed by atoms with Gasteiger partial charge in [0.25, 0.3) is 0 Å². The van der Waals surface area contributed by atoms with Crippen LogP contribution in [0.4, 0.5) is 0 Å². The van der Waals surface area contributed by atoms with Crippen molar-refractivity contribution in [3.05, 3.63) is 146 Å². The summed E-state index contributed by atoms with van der Waals surface area (Å²) >= 11 is 0. The number of unbranched alkanes of at least 4 members (excludes halogenated alkanes) is 24. The number of carbonyl (C=O) groups excluding carboxylic acids is 3. The molecule has 0 spiro atoms. The Kier molecular flexibility index (Phi) is 69.8. The maximum Gasteiger partial charge on any atom is 0.472 e. The van der Waals surface area contributed by atoms with Crippen LogP contribution in [0.25, 0.3) is 0 Å². The number of allylic oxidation sites excluding steroid dienone is 24. The van der Waals surface area contributed by atoms with Crippen LogP contribution in [0.15, 0.2) is 146 Å². The Balaban J connectivity index is 4.62. The van der Waals surface area contributed by atoms with Crippen molar-refractivity contribution in [2.24, 2.45) is 0 Å². The van der Waals surface area contributed by atoms with Gasteiger partial charge in [-0.1, -0.05) is 276 Å². The van der Waals surface area contributed by atoms with Gasteiger partial charge in [0.15, 0.2) is 6.10 Å². The molecule has 0 heterocycles. The highest BCUT2D eigenvalue weighted by atomic mass is 31.2. The van der Waals surface area contributed by atoms with E-state index in [2.05, 4.69) is 167 Å². The van der Waals surface area contributed by atoms with Gasteiger partial charge < -0.3 is 34.2 Å². The lowest BCUT2D eigenvalue weighted by Gasteiger charge is -2.21. The summed E-state index contributed by atoms with van der Waals surface area (Å²) in [7, 11) is -9.81. The topological polar surface area (TPSA) is 231 Å². The third-order valence-electron chi connectivity index (χ3n) is 15.5. The van der Waals surface area contributed by atoms with Crippen molar-refractivity contribution in [2.75, 3.05) is 39.6 Å². The van der Waals surface area contributed by atoms with E-state index in [4.69, 9.17) is 32.3 Å². The Morgan fingerprint density at radius 2 is 0.535 bits per heavy atom. The molecule has 0 rings (SSSR count). The number of hydrogen-bond acceptors (Lipinski definition) is 14. The average Bonchev–Trinajstić information content (AvgIpc) is 1.55. The van der Waals surface area contributed by atoms with Crippen LogP contribution in [-0.2, 0) is 55.8 Å². The second-order valence-electron chi connectivity index (χ2n) is 25.0. The van der Waals surface area contributed by atoms with E-state index < -0.39 is 91.5 Å². The molecule has 0 saturated carbocycles. The fourth-order valence-corrected chi connectivity index (χ4v) is 11.4. The lowest BCUT2D eigenvalue weighted by atomic mass is 10.0. The predicted octanol–water partition coefficient (Wildman–Crippen LogP) is 22.1. The largest absolute Gasteiger partial charge is 0.472 e. The number of rotatable bonds is 71. The molecule has 0 aliphatic rings. The number of esters is 3. The molecule has 0 fully saturated rings. The molecule has 0 saturated heterocycles. The number of hydrogen-bond donors (Lipinski definition) is 4. The van der Waals surface area contributed by atoms with Gasteiger partial charge >= 0.3 is 33.6 Å². The fourth-order valence-electron chi connectivity index (χ4n) is 9.77. The molecule has 5 unspecified atom stereocenters. The monoisotopic (exact) mass is 1430 g/mol. The highest BCUT2D eigenvalue weighted by Gasteiger charge is 2.29. The lowest BCUT2D eigenvalue weighted by Crippen LogP contribution is -2.30. The maximum atomic E-state index is 13.0. The van der Waals surface area contributed by atoms with Crippen molar-refractivity contribution in [1.29, 1.82) is 0 Å². The van der Waals surface area contributed by atoms with Crippen LogP contribution in [0.5, 0.6) is 0 Å². The molecule has 16 nitrogen and oxygen atoms in total. The van der Waals surface area contributed by atoms with Crippen molar-refractivity contribution in [2.45, 2.75) is 309 Å². The molecule has 0 aliphatic heterocycles. The second-order valence-corrected chi connectivity index (χ2v) is 27.9. The first-order valence-electron chi connectivity index (χ1n) is 38.1. The van der Waals surface area contributed by atoms with Crippen molar-refractivity contribution in [3.63, 3.8) is 0 Å². The number of carbonyl (C=O) groups is 3. The van der Waals surface area contributed by atoms with Crippen LogP contribution in [-0.4, -0.2) is 95.9 Å². The number of phosphoric acid groups is 2. The zero-order valence-corrected chi connectivity index (χ0v) is 63.4. The van der Waals surface area contributed by atoms with E-state index in [0.29, 0.717) is 19.3 Å². The van der Waals surface area contributed by atoms with Crippen LogP contribution in [0, 0.1) is 0 Å². The Morgan fingerprint density at radius 3 is 0.879 bits per heavy atom. The van der Waals surface area contributed by atoms with E-state index in [1.165, 1.54) is 83.5 Å². The summed E-state index contributed by atoms with van der Waals surface area (Å²) < 4.78 is 61.0. The molecule has 0 bridgehead atoms. The van der Waals surface area contributed by atoms with Gasteiger partial charge in [-0.3, -0.25) is 32.5 Å². The Labute approximate surface area is 600 Å². The van der Waals surface area contributed by atoms with E-state index >= 15 is 0 Å². The summed E-state index contributed by atoms with van der Waals surface area (Å²) in [5, 5.41) is 20.6. The van der Waals surface area contributed by atoms with Crippen LogP contribution in [0.1, 0.15) is 290 Å². The predicted molar refractivity (Wildman–Crippen MR) is 408 cm³/mol. The van der Waals surface area contributed by atoms with Gasteiger partial charge in [0.05, 0.1) is 26.4 Å². The van der Waals surface area contributed by atoms with Crippen LogP contribution in [0.2, 0.25) is 0 Å². The average molecular weight is 1430 g/mol. The molecule has 0 aliphatic carbocycles. The van der Waals surface area contributed by atoms with Crippen molar-refractivity contribution in [1.82, 2.24) is 0 Å². The number of phosphoric ester groups is 2. The van der Waals surface area contributed by atoms with Crippen LogP contribution < -0.4 is 0 Å². The Bertz CT molecular complexity index is 2380. The van der Waals surface area contributed by atoms with Gasteiger partial charge in [-0.25, -0.2) is 9.13 Å². The summed E-state index contributed by atoms with van der Waals surface area (Å²) in [4.78, 5) is 58.6. The van der Waals surface area contributed by atoms with Crippen LogP contribution >= 0.6 is 15.6 Å². The van der Waals surface area contributed by atoms with Gasteiger partial charge in [-0.05, 0) is 141 Å². The highest BCUT2D eigenvalue weighted by molar-refractivity contribution is 7.47. The minimum absolute atomic E-state index is 0.0813. The van der Waals surface area contributed by atoms with Crippen molar-refractivity contribution < 1.29 is 75.8 Å².